The lowest BCUT2D eigenvalue weighted by Crippen LogP contribution is -2.51. The van der Waals surface area contributed by atoms with Crippen LogP contribution in [0.2, 0.25) is 0 Å². The van der Waals surface area contributed by atoms with Gasteiger partial charge >= 0.3 is 5.97 Å². The zero-order valence-electron chi connectivity index (χ0n) is 19.7. The number of carbonyl (C=O) groups is 1. The van der Waals surface area contributed by atoms with Gasteiger partial charge in [0.25, 0.3) is 0 Å². The van der Waals surface area contributed by atoms with Crippen molar-refractivity contribution >= 4 is 37.0 Å². The lowest BCUT2D eigenvalue weighted by atomic mass is 9.49. The Bertz CT molecular complexity index is 1440. The molecule has 4 aliphatic carbocycles. The van der Waals surface area contributed by atoms with Crippen molar-refractivity contribution < 1.29 is 14.1 Å². The van der Waals surface area contributed by atoms with Crippen LogP contribution < -0.4 is 9.26 Å². The van der Waals surface area contributed by atoms with Crippen LogP contribution in [0.25, 0.3) is 32.7 Å². The number of hydrogen-bond donors (Lipinski definition) is 0. The molecule has 0 heterocycles. The lowest BCUT2D eigenvalue weighted by Gasteiger charge is -2.55. The maximum Gasteiger partial charge on any atom is 0.317 e. The van der Waals surface area contributed by atoms with Crippen LogP contribution in [0, 0.1) is 23.2 Å². The molecule has 4 aromatic rings. The van der Waals surface area contributed by atoms with Crippen LogP contribution in [0.1, 0.15) is 38.5 Å². The molecular formula is C31H29O3P. The van der Waals surface area contributed by atoms with Crippen molar-refractivity contribution in [1.82, 2.24) is 0 Å². The standard InChI is InChI=1S/C31H29O3P/c32-30(31-16-19-13-20(17-31)15-21(14-19)18-31)33-26-11-9-22-5-1-3-7-24(22)28(26)29-25-8-4-2-6-23(25)10-12-27(29)34-35/h1-12,19-21H,13-18,35H2. The number of esters is 1. The van der Waals surface area contributed by atoms with Gasteiger partial charge in [0.1, 0.15) is 11.5 Å². The van der Waals surface area contributed by atoms with Gasteiger partial charge < -0.3 is 9.26 Å². The van der Waals surface area contributed by atoms with Crippen molar-refractivity contribution in [1.29, 1.82) is 0 Å². The number of carbonyl (C=O) groups excluding carboxylic acids is 1. The quantitative estimate of drug-likeness (QED) is 0.169. The number of rotatable bonds is 4. The van der Waals surface area contributed by atoms with Gasteiger partial charge in [-0.25, -0.2) is 0 Å². The molecule has 8 rings (SSSR count). The molecule has 0 aliphatic heterocycles. The van der Waals surface area contributed by atoms with Crippen molar-refractivity contribution in [3.8, 4) is 22.6 Å². The first-order chi connectivity index (χ1) is 17.1. The molecule has 0 saturated heterocycles. The second-order valence-electron chi connectivity index (χ2n) is 11.0. The van der Waals surface area contributed by atoms with E-state index >= 15 is 0 Å². The van der Waals surface area contributed by atoms with Gasteiger partial charge in [-0.2, -0.15) is 0 Å². The Morgan fingerprint density at radius 1 is 0.686 bits per heavy atom. The minimum atomic E-state index is -0.309. The Morgan fingerprint density at radius 3 is 1.71 bits per heavy atom. The first-order valence-electron chi connectivity index (χ1n) is 12.8. The Morgan fingerprint density at radius 2 is 1.17 bits per heavy atom. The second-order valence-corrected chi connectivity index (χ2v) is 11.3. The SMILES string of the molecule is O=C(Oc1ccc2ccccc2c1-c1c(OP)ccc2ccccc12)C12CC3CC(CC(C3)C1)C2. The van der Waals surface area contributed by atoms with E-state index in [1.54, 1.807) is 0 Å². The summed E-state index contributed by atoms with van der Waals surface area (Å²) in [4.78, 5) is 13.9. The number of fused-ring (bicyclic) bond motifs is 2. The van der Waals surface area contributed by atoms with Gasteiger partial charge in [0.15, 0.2) is 0 Å². The van der Waals surface area contributed by atoms with Crippen molar-refractivity contribution in [2.45, 2.75) is 38.5 Å². The zero-order chi connectivity index (χ0) is 23.6. The van der Waals surface area contributed by atoms with Crippen LogP contribution in [0.15, 0.2) is 72.8 Å². The first-order valence-corrected chi connectivity index (χ1v) is 13.2. The van der Waals surface area contributed by atoms with Gasteiger partial charge in [-0.3, -0.25) is 4.79 Å². The van der Waals surface area contributed by atoms with E-state index < -0.39 is 0 Å². The van der Waals surface area contributed by atoms with Gasteiger partial charge in [0, 0.05) is 11.1 Å². The van der Waals surface area contributed by atoms with E-state index in [9.17, 15) is 4.79 Å². The molecule has 35 heavy (non-hydrogen) atoms. The largest absolute Gasteiger partial charge is 0.480 e. The van der Waals surface area contributed by atoms with E-state index in [1.165, 1.54) is 19.3 Å². The molecule has 176 valence electrons. The first kappa shape index (κ1) is 21.4. The molecule has 4 aromatic carbocycles. The molecule has 0 N–H and O–H groups in total. The molecule has 1 atom stereocenters. The van der Waals surface area contributed by atoms with E-state index in [2.05, 4.69) is 45.9 Å². The van der Waals surface area contributed by atoms with Crippen molar-refractivity contribution in [3.63, 3.8) is 0 Å². The highest BCUT2D eigenvalue weighted by atomic mass is 31.0. The maximum atomic E-state index is 13.9. The third-order valence-corrected chi connectivity index (χ3v) is 9.09. The molecule has 0 radical (unpaired) electrons. The summed E-state index contributed by atoms with van der Waals surface area (Å²) >= 11 is 0. The summed E-state index contributed by atoms with van der Waals surface area (Å²) in [5, 5.41) is 4.37. The second kappa shape index (κ2) is 8.07. The van der Waals surface area contributed by atoms with Gasteiger partial charge in [0.05, 0.1) is 14.9 Å². The van der Waals surface area contributed by atoms with Gasteiger partial charge in [-0.05, 0) is 90.0 Å². The van der Waals surface area contributed by atoms with Crippen LogP contribution in [0.5, 0.6) is 11.5 Å². The Labute approximate surface area is 208 Å². The lowest BCUT2D eigenvalue weighted by molar-refractivity contribution is -0.161. The van der Waals surface area contributed by atoms with Crippen molar-refractivity contribution in [2.24, 2.45) is 23.2 Å². The predicted octanol–water partition coefficient (Wildman–Crippen LogP) is 7.95. The molecule has 3 nitrogen and oxygen atoms in total. The third-order valence-electron chi connectivity index (χ3n) is 8.83. The topological polar surface area (TPSA) is 35.5 Å². The van der Waals surface area contributed by atoms with Crippen LogP contribution in [-0.2, 0) is 4.79 Å². The smallest absolute Gasteiger partial charge is 0.317 e. The summed E-state index contributed by atoms with van der Waals surface area (Å²) in [7, 11) is 2.39. The Balaban J connectivity index is 1.40. The number of benzene rings is 4. The van der Waals surface area contributed by atoms with E-state index in [-0.39, 0.29) is 11.4 Å². The van der Waals surface area contributed by atoms with Crippen LogP contribution in [0.3, 0.4) is 0 Å². The fraction of sp³-hybridized carbons (Fsp3) is 0.323. The molecule has 0 spiro atoms. The molecule has 0 amide bonds. The molecule has 4 heteroatoms. The molecule has 4 aliphatic rings. The Kier molecular flexibility index (Phi) is 4.93. The normalized spacial score (nSPS) is 26.8. The summed E-state index contributed by atoms with van der Waals surface area (Å²) < 4.78 is 12.2. The van der Waals surface area contributed by atoms with Crippen molar-refractivity contribution in [3.05, 3.63) is 72.8 Å². The molecule has 4 fully saturated rings. The number of hydrogen-bond acceptors (Lipinski definition) is 3. The molecule has 1 unspecified atom stereocenters. The maximum absolute atomic E-state index is 13.9. The highest BCUT2D eigenvalue weighted by Crippen LogP contribution is 2.60. The highest BCUT2D eigenvalue weighted by Gasteiger charge is 2.55. The summed E-state index contributed by atoms with van der Waals surface area (Å²) in [6.45, 7) is 0. The third kappa shape index (κ3) is 3.39. The molecule has 4 bridgehead atoms. The summed E-state index contributed by atoms with van der Waals surface area (Å²) in [6, 6.07) is 24.7. The van der Waals surface area contributed by atoms with Gasteiger partial charge in [-0.1, -0.05) is 60.7 Å². The van der Waals surface area contributed by atoms with Gasteiger partial charge in [0.2, 0.25) is 0 Å². The average molecular weight is 481 g/mol. The van der Waals surface area contributed by atoms with Crippen molar-refractivity contribution in [2.75, 3.05) is 0 Å². The summed E-state index contributed by atoms with van der Waals surface area (Å²) in [6.07, 6.45) is 6.90. The highest BCUT2D eigenvalue weighted by molar-refractivity contribution is 7.10. The van der Waals surface area contributed by atoms with E-state index in [0.29, 0.717) is 23.5 Å². The number of ether oxygens (including phenoxy) is 1. The predicted molar refractivity (Wildman–Crippen MR) is 143 cm³/mol. The fourth-order valence-electron chi connectivity index (χ4n) is 7.77. The van der Waals surface area contributed by atoms with E-state index in [0.717, 1.165) is 57.7 Å². The summed E-state index contributed by atoms with van der Waals surface area (Å²) in [5.41, 5.74) is 1.58. The molecular weight excluding hydrogens is 451 g/mol. The minimum absolute atomic E-state index is 0.0262. The zero-order valence-corrected chi connectivity index (χ0v) is 20.9. The van der Waals surface area contributed by atoms with Crippen LogP contribution in [0.4, 0.5) is 0 Å². The van der Waals surface area contributed by atoms with E-state index in [4.69, 9.17) is 9.26 Å². The Hall–Kier alpha value is -2.90. The van der Waals surface area contributed by atoms with Gasteiger partial charge in [-0.15, -0.1) is 0 Å². The molecule has 0 aromatic heterocycles. The average Bonchev–Trinajstić information content (AvgIpc) is 2.87. The van der Waals surface area contributed by atoms with Crippen LogP contribution >= 0.6 is 9.47 Å². The van der Waals surface area contributed by atoms with Crippen LogP contribution in [-0.4, -0.2) is 5.97 Å². The monoisotopic (exact) mass is 480 g/mol. The molecule has 4 saturated carbocycles. The van der Waals surface area contributed by atoms with E-state index in [1.807, 2.05) is 36.4 Å². The summed E-state index contributed by atoms with van der Waals surface area (Å²) in [5.74, 6) is 3.43. The fourth-order valence-corrected chi connectivity index (χ4v) is 7.97. The minimum Gasteiger partial charge on any atom is -0.480 e.